The van der Waals surface area contributed by atoms with Gasteiger partial charge in [-0.25, -0.2) is 27.5 Å². The van der Waals surface area contributed by atoms with E-state index in [0.29, 0.717) is 18.2 Å². The van der Waals surface area contributed by atoms with Gasteiger partial charge in [-0.2, -0.15) is 5.21 Å². The lowest BCUT2D eigenvalue weighted by atomic mass is 10.2. The van der Waals surface area contributed by atoms with Gasteiger partial charge >= 0.3 is 0 Å². The van der Waals surface area contributed by atoms with Crippen LogP contribution in [0.3, 0.4) is 0 Å². The van der Waals surface area contributed by atoms with E-state index in [1.807, 2.05) is 13.0 Å². The molecule has 164 valence electrons. The summed E-state index contributed by atoms with van der Waals surface area (Å²) in [6, 6.07) is 5.28. The van der Waals surface area contributed by atoms with Crippen molar-refractivity contribution in [3.8, 4) is 11.4 Å². The fraction of sp³-hybridized carbons (Fsp3) is 0.389. The van der Waals surface area contributed by atoms with E-state index in [0.717, 1.165) is 37.8 Å². The minimum atomic E-state index is -3.86. The van der Waals surface area contributed by atoms with Gasteiger partial charge in [0.2, 0.25) is 15.8 Å². The molecule has 3 heterocycles. The number of anilines is 2. The second-order valence-corrected chi connectivity index (χ2v) is 8.82. The summed E-state index contributed by atoms with van der Waals surface area (Å²) in [5.41, 5.74) is -0.0550. The van der Waals surface area contributed by atoms with Crippen molar-refractivity contribution in [1.29, 1.82) is 0 Å². The Morgan fingerprint density at radius 2 is 1.97 bits per heavy atom. The molecule has 1 fully saturated rings. The Morgan fingerprint density at radius 1 is 1.16 bits per heavy atom. The summed E-state index contributed by atoms with van der Waals surface area (Å²) in [7, 11) is -3.86. The topological polar surface area (TPSA) is 142 Å². The lowest BCUT2D eigenvalue weighted by Gasteiger charge is -2.17. The molecular formula is C18H22FN9O2S. The van der Waals surface area contributed by atoms with Crippen LogP contribution in [0.2, 0.25) is 0 Å². The van der Waals surface area contributed by atoms with E-state index >= 15 is 0 Å². The molecule has 13 heteroatoms. The predicted octanol–water partition coefficient (Wildman–Crippen LogP) is 1.09. The molecule has 1 aliphatic heterocycles. The van der Waals surface area contributed by atoms with Crippen LogP contribution >= 0.6 is 0 Å². The van der Waals surface area contributed by atoms with Crippen molar-refractivity contribution in [3.05, 3.63) is 35.9 Å². The van der Waals surface area contributed by atoms with Crippen LogP contribution in [0.25, 0.3) is 11.4 Å². The van der Waals surface area contributed by atoms with E-state index < -0.39 is 15.8 Å². The standard InChI is InChI=1S/C18H22FN9O2S/c1-12-22-16(11-17(23-12)28-8-2-3-9-28)20-6-7-21-31(29,30)13-4-5-15(19)14(10-13)18-24-26-27-25-18/h4-5,10-11,21H,2-3,6-9H2,1H3,(H,20,22,23)(H,24,25,26,27). The SMILES string of the molecule is Cc1nc(NCCNS(=O)(=O)c2ccc(F)c(-c3nn[nH]n3)c2)cc(N2CCCC2)n1. The third-order valence-corrected chi connectivity index (χ3v) is 6.27. The van der Waals surface area contributed by atoms with E-state index in [2.05, 4.69) is 45.5 Å². The first-order valence-corrected chi connectivity index (χ1v) is 11.3. The van der Waals surface area contributed by atoms with Gasteiger partial charge in [0.1, 0.15) is 23.3 Å². The number of H-pyrrole nitrogens is 1. The largest absolute Gasteiger partial charge is 0.369 e. The van der Waals surface area contributed by atoms with E-state index in [1.165, 1.54) is 12.1 Å². The first-order chi connectivity index (χ1) is 14.9. The van der Waals surface area contributed by atoms with Crippen molar-refractivity contribution in [2.45, 2.75) is 24.7 Å². The Balaban J connectivity index is 1.38. The average Bonchev–Trinajstić information content (AvgIpc) is 3.45. The molecule has 1 saturated heterocycles. The van der Waals surface area contributed by atoms with Crippen LogP contribution < -0.4 is 14.9 Å². The van der Waals surface area contributed by atoms with Crippen LogP contribution in [0.5, 0.6) is 0 Å². The van der Waals surface area contributed by atoms with E-state index in [9.17, 15) is 12.8 Å². The Bertz CT molecular complexity index is 1150. The van der Waals surface area contributed by atoms with Gasteiger partial charge in [0, 0.05) is 32.2 Å². The number of hydrogen-bond donors (Lipinski definition) is 3. The van der Waals surface area contributed by atoms with E-state index in [1.54, 1.807) is 0 Å². The van der Waals surface area contributed by atoms with Crippen LogP contribution in [-0.2, 0) is 10.0 Å². The Morgan fingerprint density at radius 3 is 2.71 bits per heavy atom. The van der Waals surface area contributed by atoms with E-state index in [-0.39, 0.29) is 22.8 Å². The molecule has 4 rings (SSSR count). The summed E-state index contributed by atoms with van der Waals surface area (Å²) in [5, 5.41) is 16.1. The number of hydrogen-bond acceptors (Lipinski definition) is 9. The number of nitrogens with zero attached hydrogens (tertiary/aromatic N) is 6. The van der Waals surface area contributed by atoms with Crippen LogP contribution in [0.1, 0.15) is 18.7 Å². The maximum Gasteiger partial charge on any atom is 0.240 e. The van der Waals surface area contributed by atoms with Gasteiger partial charge < -0.3 is 10.2 Å². The van der Waals surface area contributed by atoms with Gasteiger partial charge in [-0.05, 0) is 43.2 Å². The average molecular weight is 448 g/mol. The molecule has 31 heavy (non-hydrogen) atoms. The minimum Gasteiger partial charge on any atom is -0.369 e. The number of aryl methyl sites for hydroxylation is 1. The molecule has 0 unspecified atom stereocenters. The summed E-state index contributed by atoms with van der Waals surface area (Å²) in [5.74, 6) is 1.48. The lowest BCUT2D eigenvalue weighted by Crippen LogP contribution is -2.29. The zero-order valence-corrected chi connectivity index (χ0v) is 17.7. The van der Waals surface area contributed by atoms with Gasteiger partial charge in [-0.1, -0.05) is 0 Å². The molecule has 0 spiro atoms. The smallest absolute Gasteiger partial charge is 0.240 e. The maximum atomic E-state index is 14.0. The highest BCUT2D eigenvalue weighted by Crippen LogP contribution is 2.22. The number of tetrazole rings is 1. The van der Waals surface area contributed by atoms with Crippen LogP contribution in [0.4, 0.5) is 16.0 Å². The van der Waals surface area contributed by atoms with Gasteiger partial charge in [-0.15, -0.1) is 10.2 Å². The van der Waals surface area contributed by atoms with Gasteiger partial charge in [0.05, 0.1) is 10.5 Å². The third-order valence-electron chi connectivity index (χ3n) is 4.81. The molecule has 0 atom stereocenters. The number of aromatic amines is 1. The first-order valence-electron chi connectivity index (χ1n) is 9.80. The van der Waals surface area contributed by atoms with Gasteiger partial charge in [0.25, 0.3) is 0 Å². The number of sulfonamides is 1. The van der Waals surface area contributed by atoms with Crippen LogP contribution in [-0.4, -0.2) is 65.2 Å². The first kappa shape index (κ1) is 21.1. The number of rotatable bonds is 8. The second kappa shape index (κ2) is 8.89. The number of nitrogens with one attached hydrogen (secondary N) is 3. The van der Waals surface area contributed by atoms with Crippen molar-refractivity contribution < 1.29 is 12.8 Å². The zero-order chi connectivity index (χ0) is 21.8. The van der Waals surface area contributed by atoms with Crippen LogP contribution in [0.15, 0.2) is 29.2 Å². The Kier molecular flexibility index (Phi) is 6.04. The van der Waals surface area contributed by atoms with Crippen molar-refractivity contribution in [1.82, 2.24) is 35.3 Å². The number of benzene rings is 1. The summed E-state index contributed by atoms with van der Waals surface area (Å²) in [6.07, 6.45) is 2.29. The van der Waals surface area contributed by atoms with Gasteiger partial charge in [0.15, 0.2) is 0 Å². The molecule has 0 radical (unpaired) electrons. The molecule has 0 amide bonds. The molecule has 1 aliphatic rings. The third kappa shape index (κ3) is 4.94. The fourth-order valence-corrected chi connectivity index (χ4v) is 4.39. The summed E-state index contributed by atoms with van der Waals surface area (Å²) < 4.78 is 41.7. The number of aromatic nitrogens is 6. The molecule has 11 nitrogen and oxygen atoms in total. The van der Waals surface area contributed by atoms with Crippen LogP contribution in [0, 0.1) is 12.7 Å². The van der Waals surface area contributed by atoms with Crippen molar-refractivity contribution in [2.75, 3.05) is 36.4 Å². The van der Waals surface area contributed by atoms with Crippen molar-refractivity contribution >= 4 is 21.7 Å². The highest BCUT2D eigenvalue weighted by Gasteiger charge is 2.19. The normalized spacial score (nSPS) is 14.2. The molecule has 0 bridgehead atoms. The Hall–Kier alpha value is -3.19. The predicted molar refractivity (Wildman–Crippen MR) is 111 cm³/mol. The van der Waals surface area contributed by atoms with E-state index in [4.69, 9.17) is 0 Å². The minimum absolute atomic E-state index is 0.0239. The summed E-state index contributed by atoms with van der Waals surface area (Å²) in [4.78, 5) is 10.9. The molecular weight excluding hydrogens is 425 g/mol. The molecule has 3 N–H and O–H groups in total. The molecule has 1 aromatic carbocycles. The Labute approximate surface area is 178 Å². The highest BCUT2D eigenvalue weighted by molar-refractivity contribution is 7.89. The number of halogens is 1. The van der Waals surface area contributed by atoms with Crippen molar-refractivity contribution in [2.24, 2.45) is 0 Å². The molecule has 3 aromatic rings. The van der Waals surface area contributed by atoms with Crippen molar-refractivity contribution in [3.63, 3.8) is 0 Å². The highest BCUT2D eigenvalue weighted by atomic mass is 32.2. The lowest BCUT2D eigenvalue weighted by molar-refractivity contribution is 0.582. The zero-order valence-electron chi connectivity index (χ0n) is 16.8. The fourth-order valence-electron chi connectivity index (χ4n) is 3.33. The summed E-state index contributed by atoms with van der Waals surface area (Å²) >= 11 is 0. The quantitative estimate of drug-likeness (QED) is 0.433. The van der Waals surface area contributed by atoms with Gasteiger partial charge in [-0.3, -0.25) is 0 Å². The second-order valence-electron chi connectivity index (χ2n) is 7.05. The summed E-state index contributed by atoms with van der Waals surface area (Å²) in [6.45, 7) is 4.19. The maximum absolute atomic E-state index is 14.0. The molecule has 2 aromatic heterocycles. The molecule has 0 aliphatic carbocycles. The molecule has 0 saturated carbocycles. The monoisotopic (exact) mass is 447 g/mol.